The predicted molar refractivity (Wildman–Crippen MR) is 61.9 cm³/mol. The van der Waals surface area contributed by atoms with Crippen molar-refractivity contribution in [2.24, 2.45) is 0 Å². The summed E-state index contributed by atoms with van der Waals surface area (Å²) in [5.74, 6) is -0.866. The highest BCUT2D eigenvalue weighted by molar-refractivity contribution is 5.80. The summed E-state index contributed by atoms with van der Waals surface area (Å²) in [7, 11) is 0. The van der Waals surface area contributed by atoms with Gasteiger partial charge in [0.25, 0.3) is 0 Å². The zero-order valence-corrected chi connectivity index (χ0v) is 9.31. The van der Waals surface area contributed by atoms with Crippen molar-refractivity contribution in [1.29, 1.82) is 0 Å². The van der Waals surface area contributed by atoms with Crippen LogP contribution in [0, 0.1) is 0 Å². The second-order valence-electron chi connectivity index (χ2n) is 4.24. The van der Waals surface area contributed by atoms with Crippen LogP contribution in [0.4, 0.5) is 0 Å². The molecule has 0 bridgehead atoms. The SMILES string of the molecule is CC(=CC(=O)O)CN1Cc2ccccc2C1. The van der Waals surface area contributed by atoms with Gasteiger partial charge in [0.15, 0.2) is 0 Å². The number of carbonyl (C=O) groups is 1. The summed E-state index contributed by atoms with van der Waals surface area (Å²) >= 11 is 0. The van der Waals surface area contributed by atoms with Crippen molar-refractivity contribution in [3.8, 4) is 0 Å². The number of benzene rings is 1. The molecule has 2 rings (SSSR count). The van der Waals surface area contributed by atoms with Gasteiger partial charge >= 0.3 is 5.97 Å². The first-order valence-electron chi connectivity index (χ1n) is 5.34. The third-order valence-electron chi connectivity index (χ3n) is 2.75. The Morgan fingerprint density at radius 3 is 2.44 bits per heavy atom. The fourth-order valence-corrected chi connectivity index (χ4v) is 2.12. The van der Waals surface area contributed by atoms with Crippen LogP contribution in [-0.2, 0) is 17.9 Å². The lowest BCUT2D eigenvalue weighted by Crippen LogP contribution is -2.18. The van der Waals surface area contributed by atoms with E-state index in [1.165, 1.54) is 17.2 Å². The summed E-state index contributed by atoms with van der Waals surface area (Å²) in [6, 6.07) is 8.35. The van der Waals surface area contributed by atoms with Crippen LogP contribution in [0.5, 0.6) is 0 Å². The Kier molecular flexibility index (Phi) is 3.06. The number of rotatable bonds is 3. The highest BCUT2D eigenvalue weighted by Gasteiger charge is 2.17. The predicted octanol–water partition coefficient (Wildman–Crippen LogP) is 2.03. The summed E-state index contributed by atoms with van der Waals surface area (Å²) in [5.41, 5.74) is 3.59. The van der Waals surface area contributed by atoms with E-state index < -0.39 is 5.97 Å². The van der Waals surface area contributed by atoms with Crippen LogP contribution >= 0.6 is 0 Å². The van der Waals surface area contributed by atoms with Gasteiger partial charge in [-0.25, -0.2) is 4.79 Å². The standard InChI is InChI=1S/C13H15NO2/c1-10(6-13(15)16)7-14-8-11-4-2-3-5-12(11)9-14/h2-6H,7-9H2,1H3,(H,15,16). The van der Waals surface area contributed by atoms with Gasteiger partial charge in [0.2, 0.25) is 0 Å². The molecule has 16 heavy (non-hydrogen) atoms. The zero-order chi connectivity index (χ0) is 11.5. The summed E-state index contributed by atoms with van der Waals surface area (Å²) in [5, 5.41) is 8.64. The van der Waals surface area contributed by atoms with Crippen molar-refractivity contribution in [2.45, 2.75) is 20.0 Å². The van der Waals surface area contributed by atoms with Gasteiger partial charge in [-0.05, 0) is 18.1 Å². The van der Waals surface area contributed by atoms with Gasteiger partial charge in [-0.15, -0.1) is 0 Å². The van der Waals surface area contributed by atoms with Crippen LogP contribution in [0.2, 0.25) is 0 Å². The fourth-order valence-electron chi connectivity index (χ4n) is 2.12. The van der Waals surface area contributed by atoms with Crippen molar-refractivity contribution in [3.63, 3.8) is 0 Å². The largest absolute Gasteiger partial charge is 0.478 e. The molecular formula is C13H15NO2. The maximum atomic E-state index is 10.5. The topological polar surface area (TPSA) is 40.5 Å². The van der Waals surface area contributed by atoms with Gasteiger partial charge in [-0.1, -0.05) is 29.8 Å². The molecular weight excluding hydrogens is 202 g/mol. The van der Waals surface area contributed by atoms with Gasteiger partial charge < -0.3 is 5.11 Å². The first-order chi connectivity index (χ1) is 7.65. The summed E-state index contributed by atoms with van der Waals surface area (Å²) in [4.78, 5) is 12.8. The molecule has 1 aliphatic heterocycles. The Hall–Kier alpha value is -1.61. The van der Waals surface area contributed by atoms with E-state index >= 15 is 0 Å². The molecule has 1 aliphatic rings. The molecule has 1 N–H and O–H groups in total. The van der Waals surface area contributed by atoms with E-state index in [9.17, 15) is 4.79 Å². The molecule has 0 fully saturated rings. The Labute approximate surface area is 95.0 Å². The van der Waals surface area contributed by atoms with Crippen LogP contribution in [-0.4, -0.2) is 22.5 Å². The zero-order valence-electron chi connectivity index (χ0n) is 9.31. The minimum atomic E-state index is -0.866. The highest BCUT2D eigenvalue weighted by Crippen LogP contribution is 2.22. The first kappa shape index (κ1) is 10.9. The monoisotopic (exact) mass is 217 g/mol. The molecule has 0 spiro atoms. The maximum Gasteiger partial charge on any atom is 0.328 e. The number of hydrogen-bond donors (Lipinski definition) is 1. The molecule has 0 aromatic heterocycles. The van der Waals surface area contributed by atoms with E-state index in [0.29, 0.717) is 0 Å². The average molecular weight is 217 g/mol. The molecule has 0 saturated carbocycles. The number of nitrogens with zero attached hydrogens (tertiary/aromatic N) is 1. The van der Waals surface area contributed by atoms with Crippen molar-refractivity contribution >= 4 is 5.97 Å². The Bertz CT molecular complexity index is 412. The lowest BCUT2D eigenvalue weighted by molar-refractivity contribution is -0.131. The van der Waals surface area contributed by atoms with Crippen LogP contribution in [0.1, 0.15) is 18.1 Å². The highest BCUT2D eigenvalue weighted by atomic mass is 16.4. The van der Waals surface area contributed by atoms with E-state index in [4.69, 9.17) is 5.11 Å². The lowest BCUT2D eigenvalue weighted by Gasteiger charge is -2.14. The van der Waals surface area contributed by atoms with Crippen molar-refractivity contribution in [2.75, 3.05) is 6.54 Å². The minimum Gasteiger partial charge on any atom is -0.478 e. The quantitative estimate of drug-likeness (QED) is 0.787. The van der Waals surface area contributed by atoms with Crippen molar-refractivity contribution in [3.05, 3.63) is 47.0 Å². The number of carboxylic acid groups (broad SMARTS) is 1. The minimum absolute atomic E-state index is 0.723. The molecule has 3 heteroatoms. The molecule has 0 aliphatic carbocycles. The fraction of sp³-hybridized carbons (Fsp3) is 0.308. The van der Waals surface area contributed by atoms with E-state index in [1.54, 1.807) is 0 Å². The van der Waals surface area contributed by atoms with Crippen LogP contribution in [0.3, 0.4) is 0 Å². The van der Waals surface area contributed by atoms with Crippen LogP contribution in [0.15, 0.2) is 35.9 Å². The van der Waals surface area contributed by atoms with Gasteiger partial charge in [0.05, 0.1) is 0 Å². The van der Waals surface area contributed by atoms with E-state index in [2.05, 4.69) is 17.0 Å². The van der Waals surface area contributed by atoms with E-state index in [1.807, 2.05) is 19.1 Å². The Balaban J connectivity index is 2.00. The number of carboxylic acids is 1. The molecule has 3 nitrogen and oxygen atoms in total. The smallest absolute Gasteiger partial charge is 0.328 e. The van der Waals surface area contributed by atoms with Gasteiger partial charge in [0.1, 0.15) is 0 Å². The third kappa shape index (κ3) is 2.49. The van der Waals surface area contributed by atoms with Crippen molar-refractivity contribution < 1.29 is 9.90 Å². The summed E-state index contributed by atoms with van der Waals surface area (Å²) in [6.07, 6.45) is 1.28. The van der Waals surface area contributed by atoms with E-state index in [0.717, 1.165) is 25.2 Å². The lowest BCUT2D eigenvalue weighted by atomic mass is 10.1. The Morgan fingerprint density at radius 2 is 1.94 bits per heavy atom. The van der Waals surface area contributed by atoms with Crippen molar-refractivity contribution in [1.82, 2.24) is 4.90 Å². The molecule has 0 unspecified atom stereocenters. The van der Waals surface area contributed by atoms with Gasteiger partial charge in [0, 0.05) is 25.7 Å². The van der Waals surface area contributed by atoms with Gasteiger partial charge in [-0.2, -0.15) is 0 Å². The molecule has 84 valence electrons. The second kappa shape index (κ2) is 4.49. The van der Waals surface area contributed by atoms with Crippen LogP contribution < -0.4 is 0 Å². The molecule has 1 aromatic carbocycles. The van der Waals surface area contributed by atoms with Gasteiger partial charge in [-0.3, -0.25) is 4.90 Å². The number of aliphatic carboxylic acids is 1. The second-order valence-corrected chi connectivity index (χ2v) is 4.24. The summed E-state index contributed by atoms with van der Waals surface area (Å²) in [6.45, 7) is 4.42. The maximum absolute atomic E-state index is 10.5. The molecule has 1 heterocycles. The molecule has 0 atom stereocenters. The van der Waals surface area contributed by atoms with E-state index in [-0.39, 0.29) is 0 Å². The normalized spacial score (nSPS) is 16.2. The number of fused-ring (bicyclic) bond motifs is 1. The first-order valence-corrected chi connectivity index (χ1v) is 5.34. The Morgan fingerprint density at radius 1 is 1.38 bits per heavy atom. The molecule has 0 amide bonds. The molecule has 0 saturated heterocycles. The average Bonchev–Trinajstić information content (AvgIpc) is 2.57. The third-order valence-corrected chi connectivity index (χ3v) is 2.75. The summed E-state index contributed by atoms with van der Waals surface area (Å²) < 4.78 is 0. The molecule has 1 aromatic rings. The molecule has 0 radical (unpaired) electrons. The number of hydrogen-bond acceptors (Lipinski definition) is 2. The van der Waals surface area contributed by atoms with Crippen LogP contribution in [0.25, 0.3) is 0 Å².